The van der Waals surface area contributed by atoms with Crippen molar-refractivity contribution in [3.05, 3.63) is 59.7 Å². The van der Waals surface area contributed by atoms with Gasteiger partial charge in [0, 0.05) is 26.2 Å². The third-order valence-electron chi connectivity index (χ3n) is 4.98. The highest BCUT2D eigenvalue weighted by Gasteiger charge is 2.26. The van der Waals surface area contributed by atoms with E-state index in [0.29, 0.717) is 37.0 Å². The first-order valence-electron chi connectivity index (χ1n) is 10.3. The van der Waals surface area contributed by atoms with Gasteiger partial charge in [-0.1, -0.05) is 24.3 Å². The van der Waals surface area contributed by atoms with Crippen LogP contribution in [0.25, 0.3) is 0 Å². The molecule has 0 amide bonds. The van der Waals surface area contributed by atoms with Crippen LogP contribution in [0.1, 0.15) is 30.9 Å². The Morgan fingerprint density at radius 3 is 2.47 bits per heavy atom. The minimum absolute atomic E-state index is 0.353. The van der Waals surface area contributed by atoms with Gasteiger partial charge in [0.05, 0.1) is 18.6 Å². The summed E-state index contributed by atoms with van der Waals surface area (Å²) >= 11 is 0. The van der Waals surface area contributed by atoms with Crippen molar-refractivity contribution in [1.29, 1.82) is 0 Å². The van der Waals surface area contributed by atoms with Gasteiger partial charge < -0.3 is 15.4 Å². The molecule has 3 rings (SSSR count). The van der Waals surface area contributed by atoms with Crippen molar-refractivity contribution in [3.8, 4) is 5.75 Å². The molecule has 0 spiro atoms. The molecule has 2 aromatic carbocycles. The highest BCUT2D eigenvalue weighted by molar-refractivity contribution is 7.89. The van der Waals surface area contributed by atoms with Gasteiger partial charge in [0.25, 0.3) is 0 Å². The van der Waals surface area contributed by atoms with Crippen molar-refractivity contribution in [1.82, 2.24) is 14.9 Å². The van der Waals surface area contributed by atoms with Gasteiger partial charge in [0.1, 0.15) is 5.75 Å². The van der Waals surface area contributed by atoms with Crippen LogP contribution in [0.5, 0.6) is 5.75 Å². The summed E-state index contributed by atoms with van der Waals surface area (Å²) < 4.78 is 32.1. The average molecular weight is 431 g/mol. The zero-order valence-electron chi connectivity index (χ0n) is 17.6. The molecule has 1 heterocycles. The maximum Gasteiger partial charge on any atom is 0.243 e. The lowest BCUT2D eigenvalue weighted by molar-refractivity contribution is 0.414. The van der Waals surface area contributed by atoms with Crippen molar-refractivity contribution >= 4 is 16.0 Å². The SMILES string of the molecule is CCNC(=NCc1cccc(OC)c1)NCc1ccc(S(=O)(=O)N2CCCC2)cc1. The molecule has 0 atom stereocenters. The van der Waals surface area contributed by atoms with E-state index in [0.717, 1.165) is 36.3 Å². The van der Waals surface area contributed by atoms with E-state index < -0.39 is 10.0 Å². The number of hydrogen-bond acceptors (Lipinski definition) is 4. The summed E-state index contributed by atoms with van der Waals surface area (Å²) in [5, 5.41) is 6.53. The molecule has 0 bridgehead atoms. The Morgan fingerprint density at radius 2 is 1.80 bits per heavy atom. The lowest BCUT2D eigenvalue weighted by Gasteiger charge is -2.16. The minimum Gasteiger partial charge on any atom is -0.497 e. The fourth-order valence-corrected chi connectivity index (χ4v) is 4.84. The second kappa shape index (κ2) is 10.4. The Labute approximate surface area is 179 Å². The molecule has 1 fully saturated rings. The number of nitrogens with zero attached hydrogens (tertiary/aromatic N) is 2. The van der Waals surface area contributed by atoms with Crippen LogP contribution in [0.2, 0.25) is 0 Å². The standard InChI is InChI=1S/C22H30N4O3S/c1-3-23-22(25-17-19-7-6-8-20(15-19)29-2)24-16-18-9-11-21(12-10-18)30(27,28)26-13-4-5-14-26/h6-12,15H,3-5,13-14,16-17H2,1-2H3,(H2,23,24,25). The Hall–Kier alpha value is -2.58. The zero-order chi connectivity index (χ0) is 21.4. The van der Waals surface area contributed by atoms with Gasteiger partial charge in [0.2, 0.25) is 10.0 Å². The molecular formula is C22H30N4O3S. The van der Waals surface area contributed by atoms with Gasteiger partial charge in [-0.15, -0.1) is 0 Å². The van der Waals surface area contributed by atoms with Crippen molar-refractivity contribution in [2.24, 2.45) is 4.99 Å². The molecule has 2 N–H and O–H groups in total. The first-order valence-corrected chi connectivity index (χ1v) is 11.7. The molecule has 0 unspecified atom stereocenters. The highest BCUT2D eigenvalue weighted by Crippen LogP contribution is 2.21. The van der Waals surface area contributed by atoms with Gasteiger partial charge in [0.15, 0.2) is 5.96 Å². The Kier molecular flexibility index (Phi) is 7.70. The summed E-state index contributed by atoms with van der Waals surface area (Å²) in [6.45, 7) is 5.06. The van der Waals surface area contributed by atoms with E-state index in [-0.39, 0.29) is 0 Å². The van der Waals surface area contributed by atoms with Crippen molar-refractivity contribution in [2.75, 3.05) is 26.7 Å². The van der Waals surface area contributed by atoms with Gasteiger partial charge >= 0.3 is 0 Å². The molecule has 30 heavy (non-hydrogen) atoms. The summed E-state index contributed by atoms with van der Waals surface area (Å²) in [6.07, 6.45) is 1.87. The van der Waals surface area contributed by atoms with Crippen LogP contribution in [-0.4, -0.2) is 45.4 Å². The van der Waals surface area contributed by atoms with Crippen LogP contribution in [-0.2, 0) is 23.1 Å². The fourth-order valence-electron chi connectivity index (χ4n) is 3.33. The maximum absolute atomic E-state index is 12.6. The number of nitrogens with one attached hydrogen (secondary N) is 2. The zero-order valence-corrected chi connectivity index (χ0v) is 18.4. The first-order chi connectivity index (χ1) is 14.5. The lowest BCUT2D eigenvalue weighted by Crippen LogP contribution is -2.36. The summed E-state index contributed by atoms with van der Waals surface area (Å²) in [4.78, 5) is 4.97. The van der Waals surface area contributed by atoms with Gasteiger partial charge in [-0.25, -0.2) is 13.4 Å². The molecule has 8 heteroatoms. The van der Waals surface area contributed by atoms with Gasteiger partial charge in [-0.3, -0.25) is 0 Å². The Balaban J connectivity index is 1.61. The monoisotopic (exact) mass is 430 g/mol. The number of sulfonamides is 1. The number of methoxy groups -OCH3 is 1. The van der Waals surface area contributed by atoms with Crippen LogP contribution < -0.4 is 15.4 Å². The maximum atomic E-state index is 12.6. The molecule has 7 nitrogen and oxygen atoms in total. The molecule has 0 radical (unpaired) electrons. The van der Waals surface area contributed by atoms with Crippen molar-refractivity contribution in [3.63, 3.8) is 0 Å². The second-order valence-electron chi connectivity index (χ2n) is 7.16. The van der Waals surface area contributed by atoms with E-state index in [2.05, 4.69) is 15.6 Å². The van der Waals surface area contributed by atoms with Crippen LogP contribution in [0, 0.1) is 0 Å². The molecule has 1 saturated heterocycles. The predicted octanol–water partition coefficient (Wildman–Crippen LogP) is 2.74. The summed E-state index contributed by atoms with van der Waals surface area (Å²) in [7, 11) is -1.73. The molecule has 0 aliphatic carbocycles. The highest BCUT2D eigenvalue weighted by atomic mass is 32.2. The van der Waals surface area contributed by atoms with Crippen LogP contribution >= 0.6 is 0 Å². The van der Waals surface area contributed by atoms with Crippen LogP contribution in [0.4, 0.5) is 0 Å². The fraction of sp³-hybridized carbons (Fsp3) is 0.409. The molecule has 162 valence electrons. The lowest BCUT2D eigenvalue weighted by atomic mass is 10.2. The molecular weight excluding hydrogens is 400 g/mol. The number of guanidine groups is 1. The van der Waals surface area contributed by atoms with E-state index in [1.807, 2.05) is 43.3 Å². The summed E-state index contributed by atoms with van der Waals surface area (Å²) in [5.74, 6) is 1.51. The van der Waals surface area contributed by atoms with Gasteiger partial charge in [-0.05, 0) is 55.2 Å². The van der Waals surface area contributed by atoms with E-state index in [1.165, 1.54) is 0 Å². The van der Waals surface area contributed by atoms with E-state index in [9.17, 15) is 8.42 Å². The minimum atomic E-state index is -3.37. The van der Waals surface area contributed by atoms with E-state index in [1.54, 1.807) is 23.5 Å². The molecule has 0 aromatic heterocycles. The smallest absolute Gasteiger partial charge is 0.243 e. The molecule has 0 saturated carbocycles. The second-order valence-corrected chi connectivity index (χ2v) is 9.09. The predicted molar refractivity (Wildman–Crippen MR) is 119 cm³/mol. The average Bonchev–Trinajstić information content (AvgIpc) is 3.32. The molecule has 2 aromatic rings. The van der Waals surface area contributed by atoms with Crippen molar-refractivity contribution < 1.29 is 13.2 Å². The summed E-state index contributed by atoms with van der Waals surface area (Å²) in [5.41, 5.74) is 2.05. The summed E-state index contributed by atoms with van der Waals surface area (Å²) in [6, 6.07) is 14.9. The van der Waals surface area contributed by atoms with Crippen molar-refractivity contribution in [2.45, 2.75) is 37.8 Å². The Bertz CT molecular complexity index is 953. The normalized spacial score (nSPS) is 15.2. The van der Waals surface area contributed by atoms with Crippen LogP contribution in [0.3, 0.4) is 0 Å². The van der Waals surface area contributed by atoms with E-state index in [4.69, 9.17) is 4.74 Å². The molecule has 1 aliphatic heterocycles. The Morgan fingerprint density at radius 1 is 1.07 bits per heavy atom. The number of rotatable bonds is 8. The van der Waals surface area contributed by atoms with Crippen LogP contribution in [0.15, 0.2) is 58.4 Å². The molecule has 1 aliphatic rings. The number of aliphatic imine (C=N–C) groups is 1. The first kappa shape index (κ1) is 22.1. The number of ether oxygens (including phenoxy) is 1. The quantitative estimate of drug-likeness (QED) is 0.497. The number of hydrogen-bond donors (Lipinski definition) is 2. The van der Waals surface area contributed by atoms with Gasteiger partial charge in [-0.2, -0.15) is 4.31 Å². The third kappa shape index (κ3) is 5.73. The third-order valence-corrected chi connectivity index (χ3v) is 6.90. The van der Waals surface area contributed by atoms with E-state index >= 15 is 0 Å². The number of benzene rings is 2. The largest absolute Gasteiger partial charge is 0.497 e. The topological polar surface area (TPSA) is 83.0 Å².